The molecule has 0 unspecified atom stereocenters. The second-order valence-electron chi connectivity index (χ2n) is 9.44. The van der Waals surface area contributed by atoms with E-state index in [0.717, 1.165) is 31.6 Å². The molecule has 1 atom stereocenters. The molecule has 0 spiro atoms. The van der Waals surface area contributed by atoms with E-state index in [1.807, 2.05) is 18.2 Å². The molecule has 1 aromatic rings. The maximum Gasteiger partial charge on any atom is 0.224 e. The van der Waals surface area contributed by atoms with Crippen LogP contribution < -0.4 is 5.32 Å². The summed E-state index contributed by atoms with van der Waals surface area (Å²) in [7, 11) is 0. The van der Waals surface area contributed by atoms with Gasteiger partial charge in [-0.2, -0.15) is 0 Å². The highest BCUT2D eigenvalue weighted by Gasteiger charge is 2.32. The van der Waals surface area contributed by atoms with E-state index in [1.54, 1.807) is 6.20 Å². The fourth-order valence-corrected chi connectivity index (χ4v) is 4.49. The molecule has 2 aliphatic rings. The van der Waals surface area contributed by atoms with E-state index < -0.39 is 0 Å². The maximum atomic E-state index is 12.6. The number of hydrogen-bond donors (Lipinski definition) is 1. The number of rotatable bonds is 5. The second-order valence-corrected chi connectivity index (χ2v) is 9.44. The number of nitrogens with one attached hydrogen (secondary N) is 1. The molecule has 27 heavy (non-hydrogen) atoms. The van der Waals surface area contributed by atoms with Gasteiger partial charge in [0.15, 0.2) is 0 Å². The number of carbonyl (C=O) groups is 1. The van der Waals surface area contributed by atoms with Crippen molar-refractivity contribution in [2.75, 3.05) is 32.7 Å². The molecule has 2 saturated heterocycles. The monoisotopic (exact) mass is 372 g/mol. The van der Waals surface area contributed by atoms with Crippen LogP contribution in [0.1, 0.15) is 52.1 Å². The van der Waals surface area contributed by atoms with Gasteiger partial charge in [-0.3, -0.25) is 14.7 Å². The van der Waals surface area contributed by atoms with Gasteiger partial charge in [0, 0.05) is 25.3 Å². The Labute approximate surface area is 164 Å². The minimum absolute atomic E-state index is 0.120. The van der Waals surface area contributed by atoms with E-state index in [2.05, 4.69) is 40.9 Å². The molecule has 2 fully saturated rings. The molecule has 5 nitrogen and oxygen atoms in total. The summed E-state index contributed by atoms with van der Waals surface area (Å²) in [5, 5.41) is 3.09. The first kappa shape index (κ1) is 20.3. The highest BCUT2D eigenvalue weighted by molar-refractivity contribution is 5.78. The van der Waals surface area contributed by atoms with Gasteiger partial charge in [-0.1, -0.05) is 26.8 Å². The Kier molecular flexibility index (Phi) is 6.88. The highest BCUT2D eigenvalue weighted by Crippen LogP contribution is 2.25. The molecule has 2 aliphatic heterocycles. The molecule has 0 saturated carbocycles. The Hall–Kier alpha value is -1.46. The van der Waals surface area contributed by atoms with Crippen LogP contribution in [0.25, 0.3) is 0 Å². The van der Waals surface area contributed by atoms with Crippen LogP contribution in [0.3, 0.4) is 0 Å². The summed E-state index contributed by atoms with van der Waals surface area (Å²) in [6.45, 7) is 13.1. The lowest BCUT2D eigenvalue weighted by Gasteiger charge is -2.43. The van der Waals surface area contributed by atoms with Gasteiger partial charge in [0.2, 0.25) is 5.91 Å². The number of aromatic nitrogens is 1. The van der Waals surface area contributed by atoms with Crippen molar-refractivity contribution in [2.45, 2.75) is 59.0 Å². The van der Waals surface area contributed by atoms with E-state index >= 15 is 0 Å². The van der Waals surface area contributed by atoms with Gasteiger partial charge in [0.05, 0.1) is 18.2 Å². The molecule has 0 aliphatic carbocycles. The summed E-state index contributed by atoms with van der Waals surface area (Å²) in [5.41, 5.74) is 1.29. The van der Waals surface area contributed by atoms with E-state index in [4.69, 9.17) is 0 Å². The minimum Gasteiger partial charge on any atom is -0.350 e. The molecule has 0 aromatic carbocycles. The quantitative estimate of drug-likeness (QED) is 0.863. The Balaban J connectivity index is 1.44. The molecular weight excluding hydrogens is 336 g/mol. The summed E-state index contributed by atoms with van der Waals surface area (Å²) in [4.78, 5) is 22.1. The number of pyridine rings is 1. The van der Waals surface area contributed by atoms with Gasteiger partial charge >= 0.3 is 0 Å². The predicted molar refractivity (Wildman–Crippen MR) is 109 cm³/mol. The summed E-state index contributed by atoms with van der Waals surface area (Å²) in [6.07, 6.45) is 6.38. The first-order chi connectivity index (χ1) is 12.9. The van der Waals surface area contributed by atoms with Crippen LogP contribution in [0.4, 0.5) is 0 Å². The van der Waals surface area contributed by atoms with Gasteiger partial charge in [-0.15, -0.1) is 0 Å². The number of nitrogens with zero attached hydrogens (tertiary/aromatic N) is 3. The number of amides is 1. The van der Waals surface area contributed by atoms with Crippen molar-refractivity contribution >= 4 is 5.91 Å². The Morgan fingerprint density at radius 1 is 1.19 bits per heavy atom. The van der Waals surface area contributed by atoms with Crippen molar-refractivity contribution < 1.29 is 4.79 Å². The molecule has 0 bridgehead atoms. The van der Waals surface area contributed by atoms with Crippen LogP contribution in [0, 0.1) is 11.3 Å². The summed E-state index contributed by atoms with van der Waals surface area (Å²) in [5.74, 6) is 0.311. The first-order valence-electron chi connectivity index (χ1n) is 10.5. The number of likely N-dealkylation sites (tertiary alicyclic amines) is 2. The normalized spacial score (nSPS) is 23.3. The molecule has 3 heterocycles. The zero-order valence-electron chi connectivity index (χ0n) is 17.3. The number of hydrogen-bond acceptors (Lipinski definition) is 4. The summed E-state index contributed by atoms with van der Waals surface area (Å²) >= 11 is 0. The zero-order chi connectivity index (χ0) is 19.3. The van der Waals surface area contributed by atoms with Crippen LogP contribution in [0.15, 0.2) is 24.4 Å². The van der Waals surface area contributed by atoms with Crippen molar-refractivity contribution in [3.8, 4) is 0 Å². The van der Waals surface area contributed by atoms with Crippen LogP contribution in [-0.2, 0) is 11.3 Å². The molecule has 150 valence electrons. The van der Waals surface area contributed by atoms with Crippen molar-refractivity contribution in [3.05, 3.63) is 30.1 Å². The van der Waals surface area contributed by atoms with Gasteiger partial charge in [-0.05, 0) is 62.9 Å². The Bertz CT molecular complexity index is 590. The van der Waals surface area contributed by atoms with Crippen LogP contribution in [0.5, 0.6) is 0 Å². The van der Waals surface area contributed by atoms with Gasteiger partial charge in [0.1, 0.15) is 0 Å². The fourth-order valence-electron chi connectivity index (χ4n) is 4.49. The smallest absolute Gasteiger partial charge is 0.224 e. The van der Waals surface area contributed by atoms with E-state index in [1.165, 1.54) is 32.5 Å². The lowest BCUT2D eigenvalue weighted by atomic mass is 9.91. The molecule has 0 radical (unpaired) electrons. The maximum absolute atomic E-state index is 12.6. The van der Waals surface area contributed by atoms with Crippen molar-refractivity contribution in [3.63, 3.8) is 0 Å². The highest BCUT2D eigenvalue weighted by atomic mass is 16.1. The topological polar surface area (TPSA) is 48.5 Å². The third-order valence-corrected chi connectivity index (χ3v) is 5.76. The summed E-state index contributed by atoms with van der Waals surface area (Å²) < 4.78 is 0. The summed E-state index contributed by atoms with van der Waals surface area (Å²) in [6, 6.07) is 6.46. The lowest BCUT2D eigenvalue weighted by molar-refractivity contribution is -0.127. The number of piperidine rings is 2. The van der Waals surface area contributed by atoms with E-state index in [9.17, 15) is 4.79 Å². The number of carbonyl (C=O) groups excluding carboxylic acids is 1. The van der Waals surface area contributed by atoms with Crippen molar-refractivity contribution in [2.24, 2.45) is 11.3 Å². The van der Waals surface area contributed by atoms with Crippen LogP contribution >= 0.6 is 0 Å². The zero-order valence-corrected chi connectivity index (χ0v) is 17.3. The standard InChI is InChI=1S/C22H36N4O/c1-22(2,3)17-25-13-9-20(10-14-25)26-12-6-7-18(16-26)21(27)24-15-19-8-4-5-11-23-19/h4-5,8,11,18,20H,6-7,9-10,12-17H2,1-3H3,(H,24,27)/t18-/m1/s1. The molecule has 1 amide bonds. The Morgan fingerprint density at radius 2 is 1.96 bits per heavy atom. The molecule has 1 N–H and O–H groups in total. The van der Waals surface area contributed by atoms with Crippen LogP contribution in [0.2, 0.25) is 0 Å². The third-order valence-electron chi connectivity index (χ3n) is 5.76. The molecule has 1 aromatic heterocycles. The lowest BCUT2D eigenvalue weighted by Crippen LogP contribution is -2.51. The molecule has 3 rings (SSSR count). The van der Waals surface area contributed by atoms with E-state index in [-0.39, 0.29) is 11.8 Å². The van der Waals surface area contributed by atoms with Crippen molar-refractivity contribution in [1.82, 2.24) is 20.1 Å². The SMILES string of the molecule is CC(C)(C)CN1CCC(N2CCC[C@@H](C(=O)NCc3ccccn3)C2)CC1. The third kappa shape index (κ3) is 6.28. The average Bonchev–Trinajstić information content (AvgIpc) is 2.66. The van der Waals surface area contributed by atoms with Crippen molar-refractivity contribution in [1.29, 1.82) is 0 Å². The molecule has 5 heteroatoms. The first-order valence-corrected chi connectivity index (χ1v) is 10.5. The van der Waals surface area contributed by atoms with Gasteiger partial charge < -0.3 is 10.2 Å². The fraction of sp³-hybridized carbons (Fsp3) is 0.727. The minimum atomic E-state index is 0.120. The van der Waals surface area contributed by atoms with Gasteiger partial charge in [0.25, 0.3) is 0 Å². The predicted octanol–water partition coefficient (Wildman–Crippen LogP) is 2.92. The average molecular weight is 373 g/mol. The molecular formula is C22H36N4O. The second kappa shape index (κ2) is 9.16. The van der Waals surface area contributed by atoms with Crippen LogP contribution in [-0.4, -0.2) is 59.5 Å². The van der Waals surface area contributed by atoms with Gasteiger partial charge in [-0.25, -0.2) is 0 Å². The van der Waals surface area contributed by atoms with E-state index in [0.29, 0.717) is 18.0 Å². The Morgan fingerprint density at radius 3 is 2.63 bits per heavy atom. The largest absolute Gasteiger partial charge is 0.350 e.